The maximum atomic E-state index is 11.5. The van der Waals surface area contributed by atoms with Gasteiger partial charge in [-0.2, -0.15) is 0 Å². The first kappa shape index (κ1) is 23.7. The molecule has 0 fully saturated rings. The van der Waals surface area contributed by atoms with Gasteiger partial charge in [-0.15, -0.1) is 0 Å². The van der Waals surface area contributed by atoms with E-state index in [2.05, 4.69) is 19.7 Å². The minimum absolute atomic E-state index is 0.368. The lowest BCUT2D eigenvalue weighted by Crippen LogP contribution is -2.11. The highest BCUT2D eigenvalue weighted by Gasteiger charge is 2.14. The first-order valence-electron chi connectivity index (χ1n) is 10.1. The molecule has 34 heavy (non-hydrogen) atoms. The highest BCUT2D eigenvalue weighted by atomic mass is 16.5. The van der Waals surface area contributed by atoms with Gasteiger partial charge in [0.2, 0.25) is 0 Å². The number of hydrogen-bond acceptors (Lipinski definition) is 7. The van der Waals surface area contributed by atoms with Crippen LogP contribution in [0.4, 0.5) is 17.1 Å². The second-order valence-electron chi connectivity index (χ2n) is 6.69. The molecule has 0 amide bonds. The van der Waals surface area contributed by atoms with Crippen LogP contribution in [-0.4, -0.2) is 17.9 Å². The molecule has 0 N–H and O–H groups in total. The minimum atomic E-state index is -0.557. The molecule has 0 spiro atoms. The molecular weight excluding hydrogens is 434 g/mol. The van der Waals surface area contributed by atoms with Gasteiger partial charge in [0.25, 0.3) is 0 Å². The molecule has 3 rings (SSSR count). The average molecular weight is 455 g/mol. The molecule has 3 aromatic rings. The van der Waals surface area contributed by atoms with Crippen molar-refractivity contribution >= 4 is 35.0 Å². The molecule has 7 nitrogen and oxygen atoms in total. The van der Waals surface area contributed by atoms with Gasteiger partial charge in [-0.05, 0) is 72.8 Å². The van der Waals surface area contributed by atoms with Crippen LogP contribution in [0.3, 0.4) is 0 Å². The third-order valence-corrected chi connectivity index (χ3v) is 4.44. The summed E-state index contributed by atoms with van der Waals surface area (Å²) < 4.78 is 15.4. The van der Waals surface area contributed by atoms with E-state index in [4.69, 9.17) is 14.2 Å². The van der Waals surface area contributed by atoms with Gasteiger partial charge in [-0.1, -0.05) is 19.7 Å². The number of anilines is 3. The van der Waals surface area contributed by atoms with Crippen molar-refractivity contribution in [3.63, 3.8) is 0 Å². The van der Waals surface area contributed by atoms with Crippen molar-refractivity contribution < 1.29 is 28.6 Å². The predicted molar refractivity (Wildman–Crippen MR) is 129 cm³/mol. The Kier molecular flexibility index (Phi) is 7.75. The van der Waals surface area contributed by atoms with E-state index in [-0.39, 0.29) is 0 Å². The molecule has 0 aliphatic heterocycles. The molecule has 0 bridgehead atoms. The lowest BCUT2D eigenvalue weighted by atomic mass is 10.2. The number of rotatable bonds is 9. The van der Waals surface area contributed by atoms with Crippen LogP contribution in [-0.2, 0) is 14.4 Å². The fraction of sp³-hybridized carbons (Fsp3) is 0. The summed E-state index contributed by atoms with van der Waals surface area (Å²) in [6.07, 6.45) is 3.26. The van der Waals surface area contributed by atoms with E-state index in [9.17, 15) is 14.4 Å². The summed E-state index contributed by atoms with van der Waals surface area (Å²) in [6.45, 7) is 10.2. The van der Waals surface area contributed by atoms with Crippen molar-refractivity contribution in [1.29, 1.82) is 0 Å². The number of benzene rings is 3. The van der Waals surface area contributed by atoms with Gasteiger partial charge in [-0.25, -0.2) is 14.4 Å². The molecule has 0 radical (unpaired) electrons. The standard InChI is InChI=1S/C27H21NO6/c1-4-25(29)32-22-13-7-19(8-14-22)28(20-9-15-23(16-10-20)33-26(30)5-2)21-11-17-24(18-12-21)34-27(31)6-3/h4-18H,1-3H2. The monoisotopic (exact) mass is 455 g/mol. The van der Waals surface area contributed by atoms with Crippen LogP contribution in [0.1, 0.15) is 0 Å². The van der Waals surface area contributed by atoms with Crippen molar-refractivity contribution in [3.05, 3.63) is 111 Å². The lowest BCUT2D eigenvalue weighted by Gasteiger charge is -2.26. The maximum Gasteiger partial charge on any atom is 0.335 e. The Morgan fingerprint density at radius 1 is 0.500 bits per heavy atom. The van der Waals surface area contributed by atoms with Crippen LogP contribution >= 0.6 is 0 Å². The Morgan fingerprint density at radius 2 is 0.735 bits per heavy atom. The van der Waals surface area contributed by atoms with Crippen LogP contribution in [0.5, 0.6) is 17.2 Å². The van der Waals surface area contributed by atoms with Crippen LogP contribution in [0.2, 0.25) is 0 Å². The molecular formula is C27H21NO6. The first-order valence-corrected chi connectivity index (χ1v) is 10.1. The third kappa shape index (κ3) is 6.08. The number of hydrogen-bond donors (Lipinski definition) is 0. The zero-order valence-corrected chi connectivity index (χ0v) is 18.2. The Labute approximate surface area is 196 Å². The number of esters is 3. The van der Waals surface area contributed by atoms with E-state index < -0.39 is 17.9 Å². The predicted octanol–water partition coefficient (Wildman–Crippen LogP) is 5.43. The normalized spacial score (nSPS) is 9.88. The fourth-order valence-electron chi connectivity index (χ4n) is 2.91. The summed E-state index contributed by atoms with van der Waals surface area (Å²) >= 11 is 0. The highest BCUT2D eigenvalue weighted by Crippen LogP contribution is 2.36. The van der Waals surface area contributed by atoms with Gasteiger partial charge in [0.15, 0.2) is 0 Å². The van der Waals surface area contributed by atoms with Gasteiger partial charge in [-0.3, -0.25) is 0 Å². The van der Waals surface area contributed by atoms with Gasteiger partial charge in [0.1, 0.15) is 17.2 Å². The lowest BCUT2D eigenvalue weighted by molar-refractivity contribution is -0.129. The van der Waals surface area contributed by atoms with Crippen LogP contribution < -0.4 is 19.1 Å². The maximum absolute atomic E-state index is 11.5. The summed E-state index contributed by atoms with van der Waals surface area (Å²) in [7, 11) is 0. The Bertz CT molecular complexity index is 1060. The molecule has 0 aliphatic rings. The Balaban J connectivity index is 1.96. The summed E-state index contributed by atoms with van der Waals surface area (Å²) in [5.41, 5.74) is 2.26. The molecule has 0 saturated heterocycles. The molecule has 7 heteroatoms. The van der Waals surface area contributed by atoms with E-state index in [1.54, 1.807) is 72.8 Å². The van der Waals surface area contributed by atoms with Gasteiger partial charge >= 0.3 is 17.9 Å². The summed E-state index contributed by atoms with van der Waals surface area (Å²) in [5.74, 6) is -0.567. The fourth-order valence-corrected chi connectivity index (χ4v) is 2.91. The van der Waals surface area contributed by atoms with E-state index in [1.807, 2.05) is 4.90 Å². The summed E-state index contributed by atoms with van der Waals surface area (Å²) in [6, 6.07) is 20.6. The van der Waals surface area contributed by atoms with Crippen LogP contribution in [0.25, 0.3) is 0 Å². The van der Waals surface area contributed by atoms with E-state index in [0.29, 0.717) is 17.2 Å². The molecule has 0 aliphatic carbocycles. The molecule has 170 valence electrons. The summed E-state index contributed by atoms with van der Waals surface area (Å²) in [5, 5.41) is 0. The zero-order valence-electron chi connectivity index (χ0n) is 18.2. The third-order valence-electron chi connectivity index (χ3n) is 4.44. The number of nitrogens with zero attached hydrogens (tertiary/aromatic N) is 1. The van der Waals surface area contributed by atoms with Crippen molar-refractivity contribution in [2.45, 2.75) is 0 Å². The van der Waals surface area contributed by atoms with E-state index in [1.165, 1.54) is 0 Å². The zero-order chi connectivity index (χ0) is 24.5. The number of carbonyl (C=O) groups is 3. The molecule has 0 atom stereocenters. The second kappa shape index (κ2) is 11.1. The van der Waals surface area contributed by atoms with E-state index >= 15 is 0 Å². The smallest absolute Gasteiger partial charge is 0.335 e. The first-order chi connectivity index (χ1) is 16.4. The van der Waals surface area contributed by atoms with E-state index in [0.717, 1.165) is 35.3 Å². The second-order valence-corrected chi connectivity index (χ2v) is 6.69. The topological polar surface area (TPSA) is 82.1 Å². The molecule has 0 heterocycles. The van der Waals surface area contributed by atoms with Crippen LogP contribution in [0.15, 0.2) is 111 Å². The quantitative estimate of drug-likeness (QED) is 0.242. The van der Waals surface area contributed by atoms with Crippen molar-refractivity contribution in [3.8, 4) is 17.2 Å². The molecule has 3 aromatic carbocycles. The number of ether oxygens (including phenoxy) is 3. The van der Waals surface area contributed by atoms with Crippen molar-refractivity contribution in [2.75, 3.05) is 4.90 Å². The molecule has 0 aromatic heterocycles. The molecule has 0 unspecified atom stereocenters. The molecule has 0 saturated carbocycles. The largest absolute Gasteiger partial charge is 0.423 e. The van der Waals surface area contributed by atoms with Gasteiger partial charge < -0.3 is 19.1 Å². The Hall–Kier alpha value is -4.91. The summed E-state index contributed by atoms with van der Waals surface area (Å²) in [4.78, 5) is 36.3. The minimum Gasteiger partial charge on any atom is -0.423 e. The average Bonchev–Trinajstić information content (AvgIpc) is 2.87. The van der Waals surface area contributed by atoms with Gasteiger partial charge in [0.05, 0.1) is 0 Å². The number of carbonyl (C=O) groups excluding carboxylic acids is 3. The van der Waals surface area contributed by atoms with Crippen LogP contribution in [0, 0.1) is 0 Å². The SMILES string of the molecule is C=CC(=O)Oc1ccc(N(c2ccc(OC(=O)C=C)cc2)c2ccc(OC(=O)C=C)cc2)cc1. The van der Waals surface area contributed by atoms with Gasteiger partial charge in [0, 0.05) is 35.3 Å². The van der Waals surface area contributed by atoms with Crippen molar-refractivity contribution in [2.24, 2.45) is 0 Å². The highest BCUT2D eigenvalue weighted by molar-refractivity contribution is 5.85. The van der Waals surface area contributed by atoms with Crippen molar-refractivity contribution in [1.82, 2.24) is 0 Å². The Morgan fingerprint density at radius 3 is 0.941 bits per heavy atom.